The van der Waals surface area contributed by atoms with E-state index in [1.165, 1.54) is 14.1 Å². The van der Waals surface area contributed by atoms with E-state index in [1.54, 1.807) is 0 Å². The summed E-state index contributed by atoms with van der Waals surface area (Å²) in [6.07, 6.45) is -6.57. The first-order valence-corrected chi connectivity index (χ1v) is 6.54. The van der Waals surface area contributed by atoms with Crippen LogP contribution in [0.5, 0.6) is 0 Å². The number of aliphatic hydroxyl groups excluding tert-OH is 5. The summed E-state index contributed by atoms with van der Waals surface area (Å²) < 4.78 is 2.04. The summed E-state index contributed by atoms with van der Waals surface area (Å²) in [6.45, 7) is -1.07. The van der Waals surface area contributed by atoms with Gasteiger partial charge in [-0.1, -0.05) is 0 Å². The number of nitrogens with one attached hydrogen (secondary N) is 1. The van der Waals surface area contributed by atoms with Crippen molar-refractivity contribution in [3.63, 3.8) is 0 Å². The quantitative estimate of drug-likeness (QED) is 0.296. The van der Waals surface area contributed by atoms with E-state index in [-0.39, 0.29) is 12.4 Å². The highest BCUT2D eigenvalue weighted by atomic mass is 16.4. The van der Waals surface area contributed by atoms with Crippen LogP contribution in [-0.2, 0) is 14.1 Å². The molecule has 1 aromatic rings. The van der Waals surface area contributed by atoms with Gasteiger partial charge in [0.15, 0.2) is 0 Å². The molecule has 1 aromatic heterocycles. The molecule has 10 nitrogen and oxygen atoms in total. The van der Waals surface area contributed by atoms with Gasteiger partial charge in [0.05, 0.1) is 12.7 Å². The Labute approximate surface area is 125 Å². The van der Waals surface area contributed by atoms with Crippen molar-refractivity contribution in [2.45, 2.75) is 24.4 Å². The lowest BCUT2D eigenvalue weighted by atomic mass is 10.0. The van der Waals surface area contributed by atoms with Gasteiger partial charge in [0.2, 0.25) is 0 Å². The van der Waals surface area contributed by atoms with Crippen LogP contribution >= 0.6 is 0 Å². The third-order valence-electron chi connectivity index (χ3n) is 3.34. The Balaban J connectivity index is 2.79. The minimum Gasteiger partial charge on any atom is -0.394 e. The number of aliphatic hydroxyl groups is 5. The summed E-state index contributed by atoms with van der Waals surface area (Å²) in [4.78, 5) is 23.2. The van der Waals surface area contributed by atoms with Gasteiger partial charge in [-0.05, 0) is 0 Å². The molecule has 6 N–H and O–H groups in total. The van der Waals surface area contributed by atoms with E-state index in [9.17, 15) is 30.0 Å². The van der Waals surface area contributed by atoms with E-state index in [1.807, 2.05) is 0 Å². The van der Waals surface area contributed by atoms with E-state index >= 15 is 0 Å². The van der Waals surface area contributed by atoms with Crippen molar-refractivity contribution in [2.24, 2.45) is 14.1 Å². The standard InChI is InChI=1S/C12H21N3O7/c1-14-8(3-9(19)15(2)12(14)22)13-4-6(17)10(20)11(21)7(18)5-16/h3,6-7,10-11,13,16-18,20-21H,4-5H2,1-2H3/t6-,7+,10+,11+/m0/s1. The Hall–Kier alpha value is -1.72. The molecule has 0 radical (unpaired) electrons. The van der Waals surface area contributed by atoms with Gasteiger partial charge >= 0.3 is 5.69 Å². The van der Waals surface area contributed by atoms with Gasteiger partial charge < -0.3 is 30.8 Å². The van der Waals surface area contributed by atoms with Crippen molar-refractivity contribution in [1.82, 2.24) is 9.13 Å². The van der Waals surface area contributed by atoms with E-state index < -0.39 is 42.3 Å². The van der Waals surface area contributed by atoms with Crippen LogP contribution in [0.3, 0.4) is 0 Å². The Bertz CT molecular complexity index is 612. The first kappa shape index (κ1) is 18.3. The average molecular weight is 319 g/mol. The van der Waals surface area contributed by atoms with Crippen molar-refractivity contribution in [3.05, 3.63) is 26.9 Å². The summed E-state index contributed by atoms with van der Waals surface area (Å²) in [7, 11) is 2.73. The zero-order valence-electron chi connectivity index (χ0n) is 12.2. The molecule has 0 unspecified atom stereocenters. The van der Waals surface area contributed by atoms with Crippen molar-refractivity contribution in [3.8, 4) is 0 Å². The van der Waals surface area contributed by atoms with Crippen LogP contribution in [0.15, 0.2) is 15.7 Å². The van der Waals surface area contributed by atoms with Crippen LogP contribution in [-0.4, -0.2) is 72.2 Å². The zero-order chi connectivity index (χ0) is 17.0. The second-order valence-electron chi connectivity index (χ2n) is 4.95. The topological polar surface area (TPSA) is 157 Å². The fourth-order valence-electron chi connectivity index (χ4n) is 1.80. The maximum atomic E-state index is 11.7. The van der Waals surface area contributed by atoms with Gasteiger partial charge in [0.1, 0.15) is 24.1 Å². The number of rotatable bonds is 7. The molecule has 10 heteroatoms. The molecule has 0 aliphatic carbocycles. The molecule has 126 valence electrons. The fraction of sp³-hybridized carbons (Fsp3) is 0.667. The largest absolute Gasteiger partial charge is 0.394 e. The molecule has 0 fully saturated rings. The van der Waals surface area contributed by atoms with Crippen LogP contribution in [0.25, 0.3) is 0 Å². The van der Waals surface area contributed by atoms with Crippen LogP contribution in [0.1, 0.15) is 0 Å². The highest BCUT2D eigenvalue weighted by Gasteiger charge is 2.29. The number of hydrogen-bond acceptors (Lipinski definition) is 8. The highest BCUT2D eigenvalue weighted by molar-refractivity contribution is 5.34. The van der Waals surface area contributed by atoms with E-state index in [0.717, 1.165) is 15.2 Å². The third kappa shape index (κ3) is 3.93. The second kappa shape index (κ2) is 7.51. The molecule has 1 heterocycles. The summed E-state index contributed by atoms with van der Waals surface area (Å²) in [5, 5.41) is 49.3. The SMILES string of the molecule is Cn1c(NC[C@H](O)[C@@H](O)[C@H](O)[C@H](O)CO)cc(=O)n(C)c1=O. The van der Waals surface area contributed by atoms with Crippen molar-refractivity contribution in [2.75, 3.05) is 18.5 Å². The monoisotopic (exact) mass is 319 g/mol. The molecular formula is C12H21N3O7. The lowest BCUT2D eigenvalue weighted by Gasteiger charge is -2.26. The summed E-state index contributed by atoms with van der Waals surface area (Å²) >= 11 is 0. The zero-order valence-corrected chi connectivity index (χ0v) is 12.2. The lowest BCUT2D eigenvalue weighted by molar-refractivity contribution is -0.111. The normalized spacial score (nSPS) is 16.9. The second-order valence-corrected chi connectivity index (χ2v) is 4.95. The van der Waals surface area contributed by atoms with Crippen molar-refractivity contribution >= 4 is 5.82 Å². The molecule has 0 bridgehead atoms. The third-order valence-corrected chi connectivity index (χ3v) is 3.34. The van der Waals surface area contributed by atoms with Crippen LogP contribution in [0.2, 0.25) is 0 Å². The van der Waals surface area contributed by atoms with Crippen molar-refractivity contribution in [1.29, 1.82) is 0 Å². The smallest absolute Gasteiger partial charge is 0.332 e. The number of nitrogens with zero attached hydrogens (tertiary/aromatic N) is 2. The molecule has 0 saturated carbocycles. The van der Waals surface area contributed by atoms with Crippen LogP contribution < -0.4 is 16.6 Å². The molecule has 0 saturated heterocycles. The van der Waals surface area contributed by atoms with Crippen LogP contribution in [0, 0.1) is 0 Å². The molecule has 0 aliphatic rings. The molecule has 0 aromatic carbocycles. The highest BCUT2D eigenvalue weighted by Crippen LogP contribution is 2.06. The maximum Gasteiger partial charge on any atom is 0.332 e. The van der Waals surface area contributed by atoms with E-state index in [0.29, 0.717) is 0 Å². The van der Waals surface area contributed by atoms with Gasteiger partial charge in [-0.2, -0.15) is 0 Å². The molecule has 0 amide bonds. The number of anilines is 1. The van der Waals surface area contributed by atoms with Gasteiger partial charge in [0.25, 0.3) is 5.56 Å². The predicted molar refractivity (Wildman–Crippen MR) is 76.5 cm³/mol. The fourth-order valence-corrected chi connectivity index (χ4v) is 1.80. The average Bonchev–Trinajstić information content (AvgIpc) is 2.52. The van der Waals surface area contributed by atoms with Gasteiger partial charge in [-0.3, -0.25) is 13.9 Å². The Morgan fingerprint density at radius 1 is 1.05 bits per heavy atom. The first-order chi connectivity index (χ1) is 10.2. The Morgan fingerprint density at radius 3 is 2.14 bits per heavy atom. The lowest BCUT2D eigenvalue weighted by Crippen LogP contribution is -2.48. The Morgan fingerprint density at radius 2 is 1.59 bits per heavy atom. The minimum atomic E-state index is -1.74. The minimum absolute atomic E-state index is 0.122. The van der Waals surface area contributed by atoms with E-state index in [4.69, 9.17) is 5.11 Å². The predicted octanol–water partition coefficient (Wildman–Crippen LogP) is -4.07. The van der Waals surface area contributed by atoms with Crippen molar-refractivity contribution < 1.29 is 25.5 Å². The molecule has 22 heavy (non-hydrogen) atoms. The first-order valence-electron chi connectivity index (χ1n) is 6.54. The van der Waals surface area contributed by atoms with Gasteiger partial charge in [-0.15, -0.1) is 0 Å². The van der Waals surface area contributed by atoms with Gasteiger partial charge in [-0.25, -0.2) is 4.79 Å². The Kier molecular flexibility index (Phi) is 6.26. The molecule has 1 rings (SSSR count). The van der Waals surface area contributed by atoms with E-state index in [2.05, 4.69) is 5.32 Å². The van der Waals surface area contributed by atoms with Crippen LogP contribution in [0.4, 0.5) is 5.82 Å². The number of aromatic nitrogens is 2. The summed E-state index contributed by atoms with van der Waals surface area (Å²) in [5.74, 6) is 0.122. The number of hydrogen-bond donors (Lipinski definition) is 6. The molecule has 0 spiro atoms. The summed E-state index contributed by atoms with van der Waals surface area (Å²) in [6, 6.07) is 1.14. The maximum absolute atomic E-state index is 11.7. The summed E-state index contributed by atoms with van der Waals surface area (Å²) in [5.41, 5.74) is -1.11. The molecule has 4 atom stereocenters. The molecule has 0 aliphatic heterocycles. The molecular weight excluding hydrogens is 298 g/mol. The van der Waals surface area contributed by atoms with Gasteiger partial charge in [0, 0.05) is 26.7 Å².